The molecule has 18 heavy (non-hydrogen) atoms. The van der Waals surface area contributed by atoms with Crippen molar-refractivity contribution in [2.24, 2.45) is 7.05 Å². The normalized spacial score (nSPS) is 11.9. The summed E-state index contributed by atoms with van der Waals surface area (Å²) in [6.45, 7) is -0.0967. The van der Waals surface area contributed by atoms with Crippen molar-refractivity contribution in [3.8, 4) is 0 Å². The zero-order valence-corrected chi connectivity index (χ0v) is 11.2. The van der Waals surface area contributed by atoms with Crippen LogP contribution in [-0.4, -0.2) is 28.3 Å². The van der Waals surface area contributed by atoms with Gasteiger partial charge in [0, 0.05) is 7.05 Å². The molecule has 98 valence electrons. The molecule has 0 saturated heterocycles. The molecule has 0 aliphatic rings. The summed E-state index contributed by atoms with van der Waals surface area (Å²) in [5.41, 5.74) is 0.582. The van der Waals surface area contributed by atoms with Gasteiger partial charge in [0.15, 0.2) is 0 Å². The number of aliphatic hydroxyl groups excluding tert-OH is 1. The van der Waals surface area contributed by atoms with Gasteiger partial charge < -0.3 is 9.67 Å². The lowest BCUT2D eigenvalue weighted by Crippen LogP contribution is -2.24. The number of rotatable bonds is 5. The molecule has 7 nitrogen and oxygen atoms in total. The first kappa shape index (κ1) is 13.1. The number of aromatic nitrogens is 3. The van der Waals surface area contributed by atoms with E-state index < -0.39 is 10.0 Å². The zero-order chi connectivity index (χ0) is 13.2. The standard InChI is InChI=1S/C9H12N4O3S2/c1-13-6-10-12-8(13)3-11-18(15,16)9-2-7(4-14)5-17-9/h2,5-6,11,14H,3-4H2,1H3. The van der Waals surface area contributed by atoms with Crippen molar-refractivity contribution in [1.82, 2.24) is 19.5 Å². The molecule has 0 saturated carbocycles. The number of nitrogens with one attached hydrogen (secondary N) is 1. The van der Waals surface area contributed by atoms with Crippen LogP contribution in [0.5, 0.6) is 0 Å². The second-order valence-electron chi connectivity index (χ2n) is 3.61. The Kier molecular flexibility index (Phi) is 3.76. The number of aryl methyl sites for hydroxylation is 1. The Morgan fingerprint density at radius 1 is 1.56 bits per heavy atom. The number of thiophene rings is 1. The van der Waals surface area contributed by atoms with E-state index in [1.165, 1.54) is 12.4 Å². The van der Waals surface area contributed by atoms with E-state index in [9.17, 15) is 8.42 Å². The Bertz CT molecular complexity index is 632. The van der Waals surface area contributed by atoms with Gasteiger partial charge in [0.25, 0.3) is 0 Å². The number of aliphatic hydroxyl groups is 1. The molecule has 0 spiro atoms. The van der Waals surface area contributed by atoms with Crippen molar-refractivity contribution < 1.29 is 13.5 Å². The highest BCUT2D eigenvalue weighted by Gasteiger charge is 2.17. The summed E-state index contributed by atoms with van der Waals surface area (Å²) in [6.07, 6.45) is 1.50. The third-order valence-corrected chi connectivity index (χ3v) is 5.19. The maximum atomic E-state index is 11.9. The molecule has 2 aromatic rings. The first-order valence-corrected chi connectivity index (χ1v) is 7.40. The van der Waals surface area contributed by atoms with Gasteiger partial charge in [0.2, 0.25) is 10.0 Å². The van der Waals surface area contributed by atoms with Crippen molar-refractivity contribution in [2.75, 3.05) is 0 Å². The molecule has 0 amide bonds. The topological polar surface area (TPSA) is 97.1 Å². The Balaban J connectivity index is 2.10. The average molecular weight is 288 g/mol. The lowest BCUT2D eigenvalue weighted by Gasteiger charge is -2.03. The molecule has 0 aliphatic carbocycles. The van der Waals surface area contributed by atoms with Gasteiger partial charge in [-0.05, 0) is 17.0 Å². The van der Waals surface area contributed by atoms with Crippen LogP contribution < -0.4 is 4.72 Å². The molecule has 0 fully saturated rings. The Hall–Kier alpha value is -1.29. The molecule has 0 aliphatic heterocycles. The first-order chi connectivity index (χ1) is 8.53. The summed E-state index contributed by atoms with van der Waals surface area (Å²) in [4.78, 5) is 0. The molecule has 2 N–H and O–H groups in total. The van der Waals surface area contributed by atoms with Crippen molar-refractivity contribution in [3.63, 3.8) is 0 Å². The lowest BCUT2D eigenvalue weighted by molar-refractivity contribution is 0.282. The van der Waals surface area contributed by atoms with Crippen LogP contribution in [0.1, 0.15) is 11.4 Å². The van der Waals surface area contributed by atoms with E-state index in [1.54, 1.807) is 17.0 Å². The van der Waals surface area contributed by atoms with E-state index in [2.05, 4.69) is 14.9 Å². The summed E-state index contributed by atoms with van der Waals surface area (Å²) in [5, 5.41) is 18.0. The predicted octanol–water partition coefficient (Wildman–Crippen LogP) is -0.153. The molecule has 9 heteroatoms. The molecule has 0 radical (unpaired) electrons. The summed E-state index contributed by atoms with van der Waals surface area (Å²) < 4.78 is 28.1. The molecule has 2 aromatic heterocycles. The van der Waals surface area contributed by atoms with Gasteiger partial charge in [-0.15, -0.1) is 21.5 Å². The van der Waals surface area contributed by atoms with Crippen LogP contribution in [0.2, 0.25) is 0 Å². The van der Waals surface area contributed by atoms with Crippen LogP contribution >= 0.6 is 11.3 Å². The van der Waals surface area contributed by atoms with Crippen LogP contribution in [0.4, 0.5) is 0 Å². The highest BCUT2D eigenvalue weighted by atomic mass is 32.2. The minimum absolute atomic E-state index is 0.0746. The Morgan fingerprint density at radius 3 is 2.89 bits per heavy atom. The molecular formula is C9H12N4O3S2. The molecule has 0 unspecified atom stereocenters. The summed E-state index contributed by atoms with van der Waals surface area (Å²) in [6, 6.07) is 1.45. The Labute approximate surface area is 108 Å². The molecule has 0 atom stereocenters. The van der Waals surface area contributed by atoms with Crippen LogP contribution in [0.15, 0.2) is 22.0 Å². The van der Waals surface area contributed by atoms with Gasteiger partial charge in [-0.3, -0.25) is 0 Å². The fourth-order valence-electron chi connectivity index (χ4n) is 1.27. The molecule has 0 aromatic carbocycles. The van der Waals surface area contributed by atoms with Gasteiger partial charge in [0.1, 0.15) is 16.4 Å². The van der Waals surface area contributed by atoms with E-state index in [0.717, 1.165) is 11.3 Å². The van der Waals surface area contributed by atoms with E-state index in [1.807, 2.05) is 0 Å². The second kappa shape index (κ2) is 5.14. The maximum absolute atomic E-state index is 11.9. The van der Waals surface area contributed by atoms with E-state index in [-0.39, 0.29) is 17.4 Å². The quantitative estimate of drug-likeness (QED) is 0.797. The summed E-state index contributed by atoms with van der Waals surface area (Å²) in [5.74, 6) is 0.525. The first-order valence-electron chi connectivity index (χ1n) is 5.04. The number of hydrogen-bond acceptors (Lipinski definition) is 6. The zero-order valence-electron chi connectivity index (χ0n) is 9.57. The minimum Gasteiger partial charge on any atom is -0.392 e. The SMILES string of the molecule is Cn1cnnc1CNS(=O)(=O)c1cc(CO)cs1. The number of hydrogen-bond donors (Lipinski definition) is 2. The fraction of sp³-hybridized carbons (Fsp3) is 0.333. The third-order valence-electron chi connectivity index (χ3n) is 2.30. The van der Waals surface area contributed by atoms with Crippen molar-refractivity contribution >= 4 is 21.4 Å². The lowest BCUT2D eigenvalue weighted by atomic mass is 10.4. The number of nitrogens with zero attached hydrogens (tertiary/aromatic N) is 3. The van der Waals surface area contributed by atoms with E-state index in [0.29, 0.717) is 11.4 Å². The van der Waals surface area contributed by atoms with Crippen LogP contribution in [0.25, 0.3) is 0 Å². The highest BCUT2D eigenvalue weighted by Crippen LogP contribution is 2.20. The third kappa shape index (κ3) is 2.75. The maximum Gasteiger partial charge on any atom is 0.250 e. The highest BCUT2D eigenvalue weighted by molar-refractivity contribution is 7.91. The Morgan fingerprint density at radius 2 is 2.33 bits per heavy atom. The molecule has 2 rings (SSSR count). The summed E-state index contributed by atoms with van der Waals surface area (Å²) >= 11 is 1.07. The average Bonchev–Trinajstić information content (AvgIpc) is 2.95. The van der Waals surface area contributed by atoms with Crippen molar-refractivity contribution in [1.29, 1.82) is 0 Å². The van der Waals surface area contributed by atoms with Crippen LogP contribution in [0.3, 0.4) is 0 Å². The monoisotopic (exact) mass is 288 g/mol. The smallest absolute Gasteiger partial charge is 0.250 e. The summed E-state index contributed by atoms with van der Waals surface area (Å²) in [7, 11) is -1.83. The van der Waals surface area contributed by atoms with Gasteiger partial charge in [-0.25, -0.2) is 13.1 Å². The van der Waals surface area contributed by atoms with Crippen LogP contribution in [-0.2, 0) is 30.2 Å². The number of sulfonamides is 1. The van der Waals surface area contributed by atoms with E-state index >= 15 is 0 Å². The van der Waals surface area contributed by atoms with Gasteiger partial charge in [-0.1, -0.05) is 0 Å². The fourth-order valence-corrected chi connectivity index (χ4v) is 3.50. The van der Waals surface area contributed by atoms with Crippen LogP contribution in [0, 0.1) is 0 Å². The largest absolute Gasteiger partial charge is 0.392 e. The van der Waals surface area contributed by atoms with Gasteiger partial charge in [-0.2, -0.15) is 0 Å². The van der Waals surface area contributed by atoms with Crippen molar-refractivity contribution in [2.45, 2.75) is 17.4 Å². The molecular weight excluding hydrogens is 276 g/mol. The van der Waals surface area contributed by atoms with Gasteiger partial charge >= 0.3 is 0 Å². The molecule has 2 heterocycles. The second-order valence-corrected chi connectivity index (χ2v) is 6.52. The molecule has 0 bridgehead atoms. The van der Waals surface area contributed by atoms with Gasteiger partial charge in [0.05, 0.1) is 13.2 Å². The predicted molar refractivity (Wildman–Crippen MR) is 65.3 cm³/mol. The van der Waals surface area contributed by atoms with Crippen molar-refractivity contribution in [3.05, 3.63) is 29.2 Å². The van der Waals surface area contributed by atoms with E-state index in [4.69, 9.17) is 5.11 Å². The minimum atomic E-state index is -3.57.